The van der Waals surface area contributed by atoms with E-state index in [1.807, 2.05) is 19.1 Å². The molecule has 1 aromatic carbocycles. The van der Waals surface area contributed by atoms with E-state index in [4.69, 9.17) is 11.6 Å². The zero-order chi connectivity index (χ0) is 21.3. The Morgan fingerprint density at radius 3 is 2.63 bits per heavy atom. The summed E-state index contributed by atoms with van der Waals surface area (Å²) >= 11 is 8.89. The molecule has 3 aromatic rings. The van der Waals surface area contributed by atoms with Gasteiger partial charge in [-0.15, -0.1) is 0 Å². The van der Waals surface area contributed by atoms with Crippen molar-refractivity contribution in [2.75, 3.05) is 30.8 Å². The van der Waals surface area contributed by atoms with Gasteiger partial charge in [0.15, 0.2) is 11.6 Å². The minimum atomic E-state index is 0.511. The molecule has 4 rings (SSSR count). The molecule has 1 saturated heterocycles. The topological polar surface area (TPSA) is 81.8 Å². The molecule has 0 atom stereocenters. The third kappa shape index (κ3) is 4.87. The van der Waals surface area contributed by atoms with Crippen LogP contribution in [0.2, 0.25) is 5.02 Å². The maximum atomic E-state index is 6.68. The van der Waals surface area contributed by atoms with Crippen LogP contribution in [0.4, 0.5) is 23.3 Å². The second-order valence-corrected chi connectivity index (χ2v) is 9.41. The smallest absolute Gasteiger partial charge is 0.229 e. The third-order valence-electron chi connectivity index (χ3n) is 5.45. The van der Waals surface area contributed by atoms with Gasteiger partial charge >= 0.3 is 0 Å². The number of nitrogens with one attached hydrogen (secondary N) is 3. The molecule has 0 bridgehead atoms. The Bertz CT molecular complexity index is 1040. The summed E-state index contributed by atoms with van der Waals surface area (Å²) in [6, 6.07) is 6.13. The summed E-state index contributed by atoms with van der Waals surface area (Å²) in [6.45, 7) is 6.27. The van der Waals surface area contributed by atoms with Crippen LogP contribution in [0.5, 0.6) is 0 Å². The number of rotatable bonds is 5. The zero-order valence-electron chi connectivity index (χ0n) is 17.3. The van der Waals surface area contributed by atoms with Gasteiger partial charge in [0.05, 0.1) is 3.57 Å². The van der Waals surface area contributed by atoms with Crippen molar-refractivity contribution < 1.29 is 0 Å². The first-order valence-corrected chi connectivity index (χ1v) is 11.4. The van der Waals surface area contributed by atoms with E-state index in [-0.39, 0.29) is 0 Å². The van der Waals surface area contributed by atoms with Crippen LogP contribution in [0, 0.1) is 17.4 Å². The Morgan fingerprint density at radius 1 is 1.17 bits per heavy atom. The van der Waals surface area contributed by atoms with E-state index in [1.54, 1.807) is 6.20 Å². The number of aromatic nitrogens is 4. The Kier molecular flexibility index (Phi) is 6.45. The predicted octanol–water partition coefficient (Wildman–Crippen LogP) is 5.37. The Morgan fingerprint density at radius 2 is 1.93 bits per heavy atom. The molecule has 0 unspecified atom stereocenters. The number of benzene rings is 1. The van der Waals surface area contributed by atoms with Gasteiger partial charge in [0.1, 0.15) is 0 Å². The lowest BCUT2D eigenvalue weighted by Crippen LogP contribution is -2.29. The second kappa shape index (κ2) is 9.07. The molecule has 0 aliphatic carbocycles. The van der Waals surface area contributed by atoms with Crippen molar-refractivity contribution in [1.29, 1.82) is 0 Å². The van der Waals surface area contributed by atoms with Crippen LogP contribution < -0.4 is 10.6 Å². The quantitative estimate of drug-likeness (QED) is 0.380. The van der Waals surface area contributed by atoms with Gasteiger partial charge in [-0.2, -0.15) is 10.1 Å². The van der Waals surface area contributed by atoms with Crippen molar-refractivity contribution in [2.45, 2.75) is 32.6 Å². The molecule has 3 N–H and O–H groups in total. The van der Waals surface area contributed by atoms with Crippen molar-refractivity contribution in [2.24, 2.45) is 0 Å². The monoisotopic (exact) mass is 537 g/mol. The molecule has 3 heterocycles. The minimum Gasteiger partial charge on any atom is -0.324 e. The number of likely N-dealkylation sites (tertiary alicyclic amines) is 1. The lowest BCUT2D eigenvalue weighted by Gasteiger charge is -2.30. The first-order chi connectivity index (χ1) is 14.4. The van der Waals surface area contributed by atoms with E-state index in [0.29, 0.717) is 17.7 Å². The van der Waals surface area contributed by atoms with E-state index in [1.165, 1.54) is 5.56 Å². The van der Waals surface area contributed by atoms with E-state index in [9.17, 15) is 0 Å². The summed E-state index contributed by atoms with van der Waals surface area (Å²) in [4.78, 5) is 11.4. The summed E-state index contributed by atoms with van der Waals surface area (Å²) < 4.78 is 0.908. The summed E-state index contributed by atoms with van der Waals surface area (Å²) in [6.07, 6.45) is 4.07. The average molecular weight is 538 g/mol. The molecule has 30 heavy (non-hydrogen) atoms. The van der Waals surface area contributed by atoms with Gasteiger partial charge in [0, 0.05) is 28.7 Å². The fourth-order valence-electron chi connectivity index (χ4n) is 3.71. The van der Waals surface area contributed by atoms with Crippen LogP contribution in [-0.2, 0) is 0 Å². The molecule has 7 nitrogen and oxygen atoms in total. The number of aryl methyl sites for hydroxylation is 2. The first-order valence-electron chi connectivity index (χ1n) is 9.96. The standard InChI is InChI=1S/C21H25ClIN7/c1-12-8-15(14-4-6-30(3)7-5-14)16(22)10-18(12)25-21-24-11-17(23)20(27-21)26-19-9-13(2)28-29-19/h8-11,14H,4-7H2,1-3H3,(H3,24,25,26,27,28,29). The molecule has 1 aliphatic heterocycles. The maximum absolute atomic E-state index is 6.68. The summed E-state index contributed by atoms with van der Waals surface area (Å²) in [7, 11) is 2.17. The number of piperidine rings is 1. The second-order valence-electron chi connectivity index (χ2n) is 7.84. The van der Waals surface area contributed by atoms with Crippen LogP contribution in [-0.4, -0.2) is 45.2 Å². The molecular weight excluding hydrogens is 513 g/mol. The Labute approximate surface area is 195 Å². The SMILES string of the molecule is Cc1cc(Nc2nc(Nc3cc(Cl)c(C4CCN(C)CC4)cc3C)ncc2I)n[nH]1. The number of hydrogen-bond acceptors (Lipinski definition) is 6. The minimum absolute atomic E-state index is 0.511. The van der Waals surface area contributed by atoms with Crippen LogP contribution in [0.1, 0.15) is 35.6 Å². The lowest BCUT2D eigenvalue weighted by molar-refractivity contribution is 0.255. The summed E-state index contributed by atoms with van der Waals surface area (Å²) in [5.41, 5.74) is 4.27. The van der Waals surface area contributed by atoms with Crippen LogP contribution in [0.15, 0.2) is 24.4 Å². The van der Waals surface area contributed by atoms with E-state index < -0.39 is 0 Å². The first kappa shape index (κ1) is 21.3. The summed E-state index contributed by atoms with van der Waals surface area (Å²) in [5.74, 6) is 2.45. The molecule has 9 heteroatoms. The number of hydrogen-bond donors (Lipinski definition) is 3. The molecule has 0 saturated carbocycles. The van der Waals surface area contributed by atoms with E-state index in [0.717, 1.165) is 57.3 Å². The number of anilines is 4. The number of aromatic amines is 1. The van der Waals surface area contributed by atoms with Gasteiger partial charge in [0.2, 0.25) is 5.95 Å². The van der Waals surface area contributed by atoms with Crippen LogP contribution >= 0.6 is 34.2 Å². The average Bonchev–Trinajstić information content (AvgIpc) is 3.12. The third-order valence-corrected chi connectivity index (χ3v) is 6.56. The van der Waals surface area contributed by atoms with Crippen molar-refractivity contribution >= 4 is 57.5 Å². The van der Waals surface area contributed by atoms with E-state index in [2.05, 4.69) is 78.3 Å². The van der Waals surface area contributed by atoms with Gasteiger partial charge in [-0.05, 0) is 92.5 Å². The molecule has 0 spiro atoms. The molecule has 0 amide bonds. The van der Waals surface area contributed by atoms with Crippen molar-refractivity contribution in [1.82, 2.24) is 25.1 Å². The van der Waals surface area contributed by atoms with Crippen LogP contribution in [0.3, 0.4) is 0 Å². The number of nitrogens with zero attached hydrogens (tertiary/aromatic N) is 4. The fraction of sp³-hybridized carbons (Fsp3) is 0.381. The van der Waals surface area contributed by atoms with E-state index >= 15 is 0 Å². The van der Waals surface area contributed by atoms with Gasteiger partial charge < -0.3 is 15.5 Å². The summed E-state index contributed by atoms with van der Waals surface area (Å²) in [5, 5.41) is 14.5. The molecule has 1 aliphatic rings. The number of halogens is 2. The van der Waals surface area contributed by atoms with Gasteiger partial charge in [0.25, 0.3) is 0 Å². The Hall–Kier alpha value is -1.91. The highest BCUT2D eigenvalue weighted by Gasteiger charge is 2.21. The maximum Gasteiger partial charge on any atom is 0.229 e. The van der Waals surface area contributed by atoms with Gasteiger partial charge in [-0.1, -0.05) is 17.7 Å². The molecular formula is C21H25ClIN7. The van der Waals surface area contributed by atoms with Crippen LogP contribution in [0.25, 0.3) is 0 Å². The highest BCUT2D eigenvalue weighted by Crippen LogP contribution is 2.36. The molecule has 1 fully saturated rings. The highest BCUT2D eigenvalue weighted by molar-refractivity contribution is 14.1. The molecule has 0 radical (unpaired) electrons. The fourth-order valence-corrected chi connectivity index (χ4v) is 4.42. The van der Waals surface area contributed by atoms with Gasteiger partial charge in [-0.3, -0.25) is 5.10 Å². The van der Waals surface area contributed by atoms with Crippen molar-refractivity contribution in [3.63, 3.8) is 0 Å². The lowest BCUT2D eigenvalue weighted by atomic mass is 9.88. The van der Waals surface area contributed by atoms with Gasteiger partial charge in [-0.25, -0.2) is 4.98 Å². The highest BCUT2D eigenvalue weighted by atomic mass is 127. The largest absolute Gasteiger partial charge is 0.324 e. The predicted molar refractivity (Wildman–Crippen MR) is 130 cm³/mol. The Balaban J connectivity index is 1.54. The number of H-pyrrole nitrogens is 1. The normalized spacial score (nSPS) is 15.4. The zero-order valence-corrected chi connectivity index (χ0v) is 20.2. The van der Waals surface area contributed by atoms with Crippen molar-refractivity contribution in [3.8, 4) is 0 Å². The van der Waals surface area contributed by atoms with Crippen molar-refractivity contribution in [3.05, 3.63) is 49.8 Å². The molecule has 2 aromatic heterocycles. The molecule has 158 valence electrons.